The molecule has 0 saturated heterocycles. The molecule has 7 aromatic rings. The molecule has 0 fully saturated rings. The Labute approximate surface area is 338 Å². The molecule has 1 radical (unpaired) electrons. The van der Waals surface area contributed by atoms with E-state index in [-0.39, 0.29) is 32.5 Å². The molecule has 0 atom stereocenters. The minimum absolute atomic E-state index is 0. The van der Waals surface area contributed by atoms with Crippen LogP contribution in [0.5, 0.6) is 5.75 Å². The van der Waals surface area contributed by atoms with Gasteiger partial charge in [0.2, 0.25) is 0 Å². The second-order valence-electron chi connectivity index (χ2n) is 15.1. The van der Waals surface area contributed by atoms with E-state index in [0.29, 0.717) is 0 Å². The molecule has 0 aliphatic carbocycles. The molecular weight excluding hydrogens is 854 g/mol. The standard InChI is InChI=1S/C27H23BN3O.C18H17BN3.Ir/c1-27(2,3)19-16-17-29-26(18-19)31-24-14-8-7-13-23(24)30-22-12-6-4-10-20(22)21-11-5-9-15-25(21)32-28(30)31;1-13-7-6-8-14(2)17(13)19-21(3)16-10-5-4-9-15(16)18-20-11-12-22(18)19;/h4-13,15-18H,1-3H3;4-8,10-12H,1-3H3;/q2*-1;. The van der Waals surface area contributed by atoms with Crippen molar-refractivity contribution in [2.24, 2.45) is 0 Å². The third kappa shape index (κ3) is 6.14. The number of nitrogens with zero attached hydrogens (tertiary/aromatic N) is 6. The topological polar surface area (TPSA) is 49.7 Å². The Morgan fingerprint density at radius 3 is 2.16 bits per heavy atom. The SMILES string of the molecule is CC(C)(C)c1ccnc(N2B3Oc4ccccc4-c4ccccc4N3c3ccc[c-]c32)c1.Cc1cccc(C)c1B1N(C)c2ccc[c-]c2-c2nccn21.[Ir]. The van der Waals surface area contributed by atoms with Crippen LogP contribution in [0.2, 0.25) is 0 Å². The number of para-hydroxylation sites is 3. The molecule has 2 aromatic heterocycles. The number of aryl methyl sites for hydroxylation is 2. The van der Waals surface area contributed by atoms with E-state index < -0.39 is 7.19 Å². The van der Waals surface area contributed by atoms with Crippen molar-refractivity contribution in [2.45, 2.75) is 40.0 Å². The maximum Gasteiger partial charge on any atom is 0.616 e. The summed E-state index contributed by atoms with van der Waals surface area (Å²) < 4.78 is 8.97. The average Bonchev–Trinajstić information content (AvgIpc) is 3.76. The molecule has 5 heterocycles. The Morgan fingerprint density at radius 2 is 1.38 bits per heavy atom. The molecule has 3 aliphatic rings. The van der Waals surface area contributed by atoms with Gasteiger partial charge in [0.25, 0.3) is 0 Å². The zero-order valence-electron chi connectivity index (χ0n) is 31.8. The molecule has 0 saturated carbocycles. The Kier molecular flexibility index (Phi) is 9.44. The van der Waals surface area contributed by atoms with Crippen LogP contribution in [0.4, 0.5) is 28.6 Å². The van der Waals surface area contributed by atoms with Crippen LogP contribution in [-0.2, 0) is 25.5 Å². The zero-order valence-corrected chi connectivity index (χ0v) is 34.2. The number of imidazole rings is 1. The number of fused-ring (bicyclic) bond motifs is 10. The maximum absolute atomic E-state index is 6.73. The van der Waals surface area contributed by atoms with E-state index in [4.69, 9.17) is 9.64 Å². The first-order valence-corrected chi connectivity index (χ1v) is 18.4. The Hall–Kier alpha value is -5.56. The molecule has 273 valence electrons. The van der Waals surface area contributed by atoms with E-state index in [2.05, 4.69) is 163 Å². The van der Waals surface area contributed by atoms with E-state index in [1.165, 1.54) is 27.8 Å². The number of hydrogen-bond donors (Lipinski definition) is 0. The third-order valence-electron chi connectivity index (χ3n) is 10.7. The van der Waals surface area contributed by atoms with Gasteiger partial charge in [-0.15, -0.1) is 30.3 Å². The summed E-state index contributed by atoms with van der Waals surface area (Å²) in [7, 11) is 1.74. The van der Waals surface area contributed by atoms with E-state index in [9.17, 15) is 0 Å². The van der Waals surface area contributed by atoms with Gasteiger partial charge in [-0.05, 0) is 61.6 Å². The van der Waals surface area contributed by atoms with Gasteiger partial charge in [0.05, 0.1) is 0 Å². The predicted octanol–water partition coefficient (Wildman–Crippen LogP) is 9.17. The van der Waals surface area contributed by atoms with Crippen molar-refractivity contribution in [3.05, 3.63) is 163 Å². The first kappa shape index (κ1) is 36.4. The summed E-state index contributed by atoms with van der Waals surface area (Å²) in [5.74, 6) is 2.70. The van der Waals surface area contributed by atoms with Crippen LogP contribution >= 0.6 is 0 Å². The van der Waals surface area contributed by atoms with Crippen LogP contribution in [-0.4, -0.2) is 35.7 Å². The van der Waals surface area contributed by atoms with Crippen molar-refractivity contribution < 1.29 is 24.8 Å². The molecule has 0 unspecified atom stereocenters. The van der Waals surface area contributed by atoms with Crippen LogP contribution in [0, 0.1) is 26.0 Å². The van der Waals surface area contributed by atoms with Gasteiger partial charge in [-0.25, -0.2) is 4.98 Å². The fourth-order valence-electron chi connectivity index (χ4n) is 8.06. The zero-order chi connectivity index (χ0) is 37.1. The summed E-state index contributed by atoms with van der Waals surface area (Å²) >= 11 is 0. The normalized spacial score (nSPS) is 13.5. The number of rotatable bonds is 2. The van der Waals surface area contributed by atoms with Crippen LogP contribution in [0.25, 0.3) is 22.5 Å². The minimum Gasteiger partial charge on any atom is -0.523 e. The predicted molar refractivity (Wildman–Crippen MR) is 222 cm³/mol. The minimum atomic E-state index is -0.406. The van der Waals surface area contributed by atoms with Crippen LogP contribution in [0.1, 0.15) is 37.5 Å². The van der Waals surface area contributed by atoms with Crippen LogP contribution in [0.15, 0.2) is 134 Å². The summed E-state index contributed by atoms with van der Waals surface area (Å²) in [4.78, 5) is 16.1. The van der Waals surface area contributed by atoms with Gasteiger partial charge in [-0.1, -0.05) is 109 Å². The Balaban J connectivity index is 0.000000163. The fraction of sp³-hybridized carbons (Fsp3) is 0.156. The van der Waals surface area contributed by atoms with E-state index >= 15 is 0 Å². The first-order chi connectivity index (χ1) is 26.2. The van der Waals surface area contributed by atoms with Crippen molar-refractivity contribution >= 4 is 48.2 Å². The number of benzene rings is 5. The van der Waals surface area contributed by atoms with Gasteiger partial charge in [-0.2, -0.15) is 18.2 Å². The smallest absolute Gasteiger partial charge is 0.523 e. The van der Waals surface area contributed by atoms with Gasteiger partial charge >= 0.3 is 14.2 Å². The van der Waals surface area contributed by atoms with Gasteiger partial charge in [-0.3, -0.25) is 4.98 Å². The molecule has 0 bridgehead atoms. The maximum atomic E-state index is 6.73. The largest absolute Gasteiger partial charge is 0.616 e. The summed E-state index contributed by atoms with van der Waals surface area (Å²) in [5, 5.41) is 0. The summed E-state index contributed by atoms with van der Waals surface area (Å²) in [6.07, 6.45) is 5.83. The van der Waals surface area contributed by atoms with E-state index in [0.717, 1.165) is 51.1 Å². The molecule has 0 amide bonds. The fourth-order valence-corrected chi connectivity index (χ4v) is 8.06. The van der Waals surface area contributed by atoms with Crippen molar-refractivity contribution in [3.8, 4) is 28.3 Å². The van der Waals surface area contributed by atoms with E-state index in [1.807, 2.05) is 48.8 Å². The molecule has 0 spiro atoms. The second-order valence-corrected chi connectivity index (χ2v) is 15.1. The first-order valence-electron chi connectivity index (χ1n) is 18.4. The molecule has 0 N–H and O–H groups in total. The van der Waals surface area contributed by atoms with Gasteiger partial charge in [0.15, 0.2) is 0 Å². The van der Waals surface area contributed by atoms with Gasteiger partial charge in [0.1, 0.15) is 11.6 Å². The number of anilines is 5. The Bertz CT molecular complexity index is 2510. The molecule has 10 rings (SSSR count). The monoisotopic (exact) mass is 895 g/mol. The van der Waals surface area contributed by atoms with E-state index in [1.54, 1.807) is 0 Å². The molecule has 5 aromatic carbocycles. The molecule has 10 heteroatoms. The molecule has 7 nitrogen and oxygen atoms in total. The molecular formula is C45H40B2IrN6O-2. The number of pyridine rings is 1. The van der Waals surface area contributed by atoms with Crippen LogP contribution < -0.4 is 24.5 Å². The third-order valence-corrected chi connectivity index (χ3v) is 10.7. The van der Waals surface area contributed by atoms with Crippen LogP contribution in [0.3, 0.4) is 0 Å². The van der Waals surface area contributed by atoms with Gasteiger partial charge in [0, 0.05) is 61.3 Å². The van der Waals surface area contributed by atoms with Crippen molar-refractivity contribution in [2.75, 3.05) is 21.5 Å². The van der Waals surface area contributed by atoms with Gasteiger partial charge < -0.3 is 23.6 Å². The number of aromatic nitrogens is 3. The molecule has 55 heavy (non-hydrogen) atoms. The summed E-state index contributed by atoms with van der Waals surface area (Å²) in [5.41, 5.74) is 12.8. The second kappa shape index (κ2) is 14.3. The van der Waals surface area contributed by atoms with Crippen molar-refractivity contribution in [1.29, 1.82) is 0 Å². The quantitative estimate of drug-likeness (QED) is 0.128. The van der Waals surface area contributed by atoms with Crippen molar-refractivity contribution in [1.82, 2.24) is 14.4 Å². The summed E-state index contributed by atoms with van der Waals surface area (Å²) in [6, 6.07) is 46.5. The Morgan fingerprint density at radius 1 is 0.691 bits per heavy atom. The van der Waals surface area contributed by atoms with Crippen molar-refractivity contribution in [3.63, 3.8) is 0 Å². The number of hydrogen-bond acceptors (Lipinski definition) is 6. The molecule has 3 aliphatic heterocycles. The summed E-state index contributed by atoms with van der Waals surface area (Å²) in [6.45, 7) is 11.1. The average molecular weight is 895 g/mol.